The largest absolute Gasteiger partial charge is 0.507 e. The van der Waals surface area contributed by atoms with Crippen molar-refractivity contribution in [2.75, 3.05) is 0 Å². The molecule has 3 nitrogen and oxygen atoms in total. The van der Waals surface area contributed by atoms with Crippen LogP contribution >= 0.6 is 0 Å². The molecule has 0 spiro atoms. The van der Waals surface area contributed by atoms with E-state index in [0.717, 1.165) is 0 Å². The number of hydrogen-bond donors (Lipinski definition) is 1. The normalized spacial score (nSPS) is 10.6. The molecule has 0 fully saturated rings. The van der Waals surface area contributed by atoms with Crippen LogP contribution in [0.5, 0.6) is 11.5 Å². The quantitative estimate of drug-likeness (QED) is 0.467. The van der Waals surface area contributed by atoms with Crippen LogP contribution in [0, 0.1) is 0 Å². The van der Waals surface area contributed by atoms with Gasteiger partial charge in [-0.3, -0.25) is 4.79 Å². The summed E-state index contributed by atoms with van der Waals surface area (Å²) in [5.41, 5.74) is 0.180. The van der Waals surface area contributed by atoms with E-state index >= 15 is 0 Å². The average molecular weight is 216 g/mol. The first-order chi connectivity index (χ1) is 7.71. The average Bonchev–Trinajstić information content (AvgIpc) is 2.30. The SMILES string of the molecule is C=C/C=C(\C=C)Oc1ccc(O)c(C=O)c1. The van der Waals surface area contributed by atoms with Gasteiger partial charge in [0.15, 0.2) is 6.29 Å². The lowest BCUT2D eigenvalue weighted by Crippen LogP contribution is -1.92. The maximum atomic E-state index is 10.6. The lowest BCUT2D eigenvalue weighted by molar-refractivity contribution is 0.112. The van der Waals surface area contributed by atoms with Crippen molar-refractivity contribution in [2.45, 2.75) is 0 Å². The maximum absolute atomic E-state index is 10.6. The Labute approximate surface area is 94.0 Å². The predicted octanol–water partition coefficient (Wildman–Crippen LogP) is 2.84. The maximum Gasteiger partial charge on any atom is 0.153 e. The van der Waals surface area contributed by atoms with Gasteiger partial charge in [-0.15, -0.1) is 0 Å². The third-order valence-electron chi connectivity index (χ3n) is 1.84. The van der Waals surface area contributed by atoms with Gasteiger partial charge in [0.05, 0.1) is 5.56 Å². The molecular formula is C13H12O3. The Balaban J connectivity index is 2.97. The lowest BCUT2D eigenvalue weighted by atomic mass is 10.2. The first kappa shape index (κ1) is 11.8. The van der Waals surface area contributed by atoms with Crippen LogP contribution in [-0.4, -0.2) is 11.4 Å². The smallest absolute Gasteiger partial charge is 0.153 e. The minimum Gasteiger partial charge on any atom is -0.507 e. The summed E-state index contributed by atoms with van der Waals surface area (Å²) in [5.74, 6) is 0.889. The van der Waals surface area contributed by atoms with Gasteiger partial charge in [0.25, 0.3) is 0 Å². The number of benzene rings is 1. The molecule has 0 aliphatic rings. The summed E-state index contributed by atoms with van der Waals surface area (Å²) in [6, 6.07) is 4.40. The Kier molecular flexibility index (Phi) is 4.09. The van der Waals surface area contributed by atoms with Crippen LogP contribution in [-0.2, 0) is 0 Å². The Morgan fingerprint density at radius 1 is 1.38 bits per heavy atom. The number of phenols is 1. The summed E-state index contributed by atoms with van der Waals surface area (Å²) in [6.07, 6.45) is 5.29. The Bertz CT molecular complexity index is 444. The van der Waals surface area contributed by atoms with E-state index < -0.39 is 0 Å². The second-order valence-electron chi connectivity index (χ2n) is 2.95. The van der Waals surface area contributed by atoms with Crippen molar-refractivity contribution in [1.29, 1.82) is 0 Å². The molecule has 0 amide bonds. The van der Waals surface area contributed by atoms with Gasteiger partial charge in [0.2, 0.25) is 0 Å². The van der Waals surface area contributed by atoms with E-state index in [-0.39, 0.29) is 11.3 Å². The summed E-state index contributed by atoms with van der Waals surface area (Å²) in [4.78, 5) is 10.6. The molecule has 0 saturated carbocycles. The van der Waals surface area contributed by atoms with Gasteiger partial charge in [-0.25, -0.2) is 0 Å². The summed E-state index contributed by atoms with van der Waals surface area (Å²) in [5, 5.41) is 9.29. The molecule has 0 bridgehead atoms. The topological polar surface area (TPSA) is 46.5 Å². The molecule has 3 heteroatoms. The van der Waals surface area contributed by atoms with E-state index in [4.69, 9.17) is 4.74 Å². The molecule has 82 valence electrons. The number of hydrogen-bond acceptors (Lipinski definition) is 3. The monoisotopic (exact) mass is 216 g/mol. The molecule has 0 aromatic heterocycles. The number of allylic oxidation sites excluding steroid dienone is 3. The van der Waals surface area contributed by atoms with Gasteiger partial charge in [-0.1, -0.05) is 19.2 Å². The van der Waals surface area contributed by atoms with Crippen LogP contribution in [0.15, 0.2) is 55.3 Å². The van der Waals surface area contributed by atoms with Crippen molar-refractivity contribution in [3.8, 4) is 11.5 Å². The van der Waals surface area contributed by atoms with Crippen molar-refractivity contribution >= 4 is 6.29 Å². The van der Waals surface area contributed by atoms with Gasteiger partial charge >= 0.3 is 0 Å². The summed E-state index contributed by atoms with van der Waals surface area (Å²) >= 11 is 0. The zero-order valence-corrected chi connectivity index (χ0v) is 8.72. The first-order valence-corrected chi connectivity index (χ1v) is 4.62. The second-order valence-corrected chi connectivity index (χ2v) is 2.95. The van der Waals surface area contributed by atoms with Crippen molar-refractivity contribution in [2.24, 2.45) is 0 Å². The van der Waals surface area contributed by atoms with E-state index in [1.54, 1.807) is 18.2 Å². The standard InChI is InChI=1S/C13H12O3/c1-3-5-11(4-2)16-12-6-7-13(15)10(8-12)9-14/h3-9,15H,1-2H2/b11-5+. The number of aldehydes is 1. The molecule has 0 unspecified atom stereocenters. The number of ether oxygens (including phenoxy) is 1. The molecular weight excluding hydrogens is 204 g/mol. The lowest BCUT2D eigenvalue weighted by Gasteiger charge is -2.06. The molecule has 0 aliphatic carbocycles. The zero-order valence-electron chi connectivity index (χ0n) is 8.72. The predicted molar refractivity (Wildman–Crippen MR) is 62.6 cm³/mol. The number of phenolic OH excluding ortho intramolecular Hbond substituents is 1. The molecule has 0 atom stereocenters. The minimum atomic E-state index is -0.0739. The highest BCUT2D eigenvalue weighted by Gasteiger charge is 2.03. The van der Waals surface area contributed by atoms with E-state index in [9.17, 15) is 9.90 Å². The van der Waals surface area contributed by atoms with Crippen LogP contribution in [0.3, 0.4) is 0 Å². The van der Waals surface area contributed by atoms with Gasteiger partial charge in [0, 0.05) is 0 Å². The van der Waals surface area contributed by atoms with Crippen LogP contribution in [0.4, 0.5) is 0 Å². The molecule has 0 radical (unpaired) electrons. The molecule has 16 heavy (non-hydrogen) atoms. The van der Waals surface area contributed by atoms with Gasteiger partial charge in [-0.05, 0) is 30.4 Å². The Hall–Kier alpha value is -2.29. The van der Waals surface area contributed by atoms with Crippen LogP contribution < -0.4 is 4.74 Å². The molecule has 1 N–H and O–H groups in total. The van der Waals surface area contributed by atoms with E-state index in [1.165, 1.54) is 18.2 Å². The molecule has 1 rings (SSSR count). The van der Waals surface area contributed by atoms with E-state index in [2.05, 4.69) is 13.2 Å². The van der Waals surface area contributed by atoms with Gasteiger partial charge in [0.1, 0.15) is 17.3 Å². The first-order valence-electron chi connectivity index (χ1n) is 4.62. The van der Waals surface area contributed by atoms with Gasteiger partial charge in [-0.2, -0.15) is 0 Å². The highest BCUT2D eigenvalue weighted by molar-refractivity contribution is 5.79. The highest BCUT2D eigenvalue weighted by atomic mass is 16.5. The van der Waals surface area contributed by atoms with E-state index in [0.29, 0.717) is 17.8 Å². The van der Waals surface area contributed by atoms with E-state index in [1.807, 2.05) is 0 Å². The summed E-state index contributed by atoms with van der Waals surface area (Å²) < 4.78 is 5.40. The molecule has 0 saturated heterocycles. The van der Waals surface area contributed by atoms with Crippen molar-refractivity contribution in [1.82, 2.24) is 0 Å². The fourth-order valence-corrected chi connectivity index (χ4v) is 1.09. The van der Waals surface area contributed by atoms with Crippen molar-refractivity contribution in [3.63, 3.8) is 0 Å². The third-order valence-corrected chi connectivity index (χ3v) is 1.84. The van der Waals surface area contributed by atoms with Crippen molar-refractivity contribution < 1.29 is 14.6 Å². The zero-order chi connectivity index (χ0) is 12.0. The number of carbonyl (C=O) groups excluding carboxylic acids is 1. The van der Waals surface area contributed by atoms with Crippen molar-refractivity contribution in [3.05, 3.63) is 60.9 Å². The van der Waals surface area contributed by atoms with Gasteiger partial charge < -0.3 is 9.84 Å². The number of carbonyl (C=O) groups is 1. The fourth-order valence-electron chi connectivity index (χ4n) is 1.09. The van der Waals surface area contributed by atoms with Crippen LogP contribution in [0.1, 0.15) is 10.4 Å². The number of rotatable bonds is 5. The molecule has 1 aromatic rings. The summed E-state index contributed by atoms with van der Waals surface area (Å²) in [7, 11) is 0. The van der Waals surface area contributed by atoms with Crippen LogP contribution in [0.2, 0.25) is 0 Å². The second kappa shape index (κ2) is 5.56. The van der Waals surface area contributed by atoms with Crippen LogP contribution in [0.25, 0.3) is 0 Å². The number of aromatic hydroxyl groups is 1. The molecule has 0 aliphatic heterocycles. The Morgan fingerprint density at radius 3 is 2.69 bits per heavy atom. The molecule has 0 heterocycles. The minimum absolute atomic E-state index is 0.0739. The fraction of sp³-hybridized carbons (Fsp3) is 0. The third kappa shape index (κ3) is 2.85. The molecule has 1 aromatic carbocycles. The highest BCUT2D eigenvalue weighted by Crippen LogP contribution is 2.22. The summed E-state index contributed by atoms with van der Waals surface area (Å²) in [6.45, 7) is 7.11. The Morgan fingerprint density at radius 2 is 2.12 bits per heavy atom.